The van der Waals surface area contributed by atoms with Crippen molar-refractivity contribution in [3.05, 3.63) is 75.5 Å². The van der Waals surface area contributed by atoms with E-state index in [1.54, 1.807) is 34.1 Å². The van der Waals surface area contributed by atoms with Crippen molar-refractivity contribution < 1.29 is 28.2 Å². The smallest absolute Gasteiger partial charge is 0.272 e. The van der Waals surface area contributed by atoms with Crippen LogP contribution in [0.3, 0.4) is 0 Å². The van der Waals surface area contributed by atoms with Crippen LogP contribution in [-0.2, 0) is 25.5 Å². The fourth-order valence-electron chi connectivity index (χ4n) is 11.8. The lowest BCUT2D eigenvalue weighted by Crippen LogP contribution is -2.54. The third-order valence-electron chi connectivity index (χ3n) is 14.9. The Bertz CT molecular complexity index is 2010. The van der Waals surface area contributed by atoms with E-state index in [9.17, 15) is 23.6 Å². The average Bonchev–Trinajstić information content (AvgIpc) is 3.55. The molecule has 300 valence electrons. The molecule has 4 aliphatic carbocycles. The van der Waals surface area contributed by atoms with Crippen LogP contribution in [0.25, 0.3) is 10.8 Å². The number of H-pyrrole nitrogens is 1. The standard InChI is InChI=1S/C45H57FN4O6/c1-44-17-14-31(51)28-30(44)9-10-34-36-11-13-40(45(36,2)18-15-37(34)44)56-24-5-23-55-25-16-41(52)49-19-21-50(22-20-49)43(54)35-26-29(8-12-38(35)46)27-39-32-6-3-4-7-33(32)42(53)48-47-39/h3-4,6-8,12,26,30,34,36-37,40H,5,9-11,13-25,27-28H2,1-2H3,(H,48,53)/t30-,34-,36-,37-,40-,44-,45-/m0/s1. The summed E-state index contributed by atoms with van der Waals surface area (Å²) in [6, 6.07) is 11.7. The van der Waals surface area contributed by atoms with E-state index in [1.807, 2.05) is 12.1 Å². The minimum Gasteiger partial charge on any atom is -0.381 e. The van der Waals surface area contributed by atoms with Gasteiger partial charge in [0, 0.05) is 64.0 Å². The van der Waals surface area contributed by atoms with E-state index in [2.05, 4.69) is 24.0 Å². The normalized spacial score (nSPS) is 30.2. The van der Waals surface area contributed by atoms with Gasteiger partial charge < -0.3 is 19.3 Å². The number of nitrogens with one attached hydrogen (secondary N) is 1. The molecule has 2 aromatic carbocycles. The van der Waals surface area contributed by atoms with Gasteiger partial charge >= 0.3 is 0 Å². The molecule has 1 N–H and O–H groups in total. The summed E-state index contributed by atoms with van der Waals surface area (Å²) in [5, 5.41) is 7.98. The number of Topliss-reactive ketones (excluding diaryl/α,β-unsaturated/α-hetero) is 1. The average molecular weight is 769 g/mol. The number of aromatic nitrogens is 2. The molecule has 56 heavy (non-hydrogen) atoms. The molecule has 7 atom stereocenters. The molecule has 0 unspecified atom stereocenters. The van der Waals surface area contributed by atoms with Crippen molar-refractivity contribution in [1.29, 1.82) is 0 Å². The zero-order valence-electron chi connectivity index (χ0n) is 33.0. The fourth-order valence-corrected chi connectivity index (χ4v) is 11.8. The van der Waals surface area contributed by atoms with Crippen LogP contribution >= 0.6 is 0 Å². The van der Waals surface area contributed by atoms with Crippen LogP contribution in [0.4, 0.5) is 4.39 Å². The van der Waals surface area contributed by atoms with Crippen molar-refractivity contribution >= 4 is 28.4 Å². The van der Waals surface area contributed by atoms with E-state index in [0.29, 0.717) is 97.7 Å². The molecule has 5 aliphatic rings. The van der Waals surface area contributed by atoms with E-state index in [1.165, 1.54) is 38.2 Å². The van der Waals surface area contributed by atoms with Crippen molar-refractivity contribution in [2.24, 2.45) is 34.5 Å². The third-order valence-corrected chi connectivity index (χ3v) is 14.9. The van der Waals surface area contributed by atoms with E-state index < -0.39 is 11.7 Å². The Balaban J connectivity index is 0.742. The number of ketones is 1. The van der Waals surface area contributed by atoms with Crippen LogP contribution in [0.15, 0.2) is 47.3 Å². The first-order valence-electron chi connectivity index (χ1n) is 21.1. The van der Waals surface area contributed by atoms with Crippen LogP contribution in [0, 0.1) is 40.3 Å². The second kappa shape index (κ2) is 16.1. The lowest BCUT2D eigenvalue weighted by Gasteiger charge is -2.60. The Morgan fingerprint density at radius 3 is 2.46 bits per heavy atom. The van der Waals surface area contributed by atoms with Gasteiger partial charge in [-0.15, -0.1) is 0 Å². The number of carbonyl (C=O) groups is 3. The minimum atomic E-state index is -0.598. The number of piperazine rings is 1. The third kappa shape index (κ3) is 7.46. The zero-order valence-corrected chi connectivity index (χ0v) is 33.0. The van der Waals surface area contributed by atoms with Crippen LogP contribution in [0.1, 0.15) is 106 Å². The molecule has 8 rings (SSSR count). The molecule has 11 heteroatoms. The van der Waals surface area contributed by atoms with Gasteiger partial charge in [0.2, 0.25) is 5.91 Å². The molecule has 10 nitrogen and oxygen atoms in total. The highest BCUT2D eigenvalue weighted by Gasteiger charge is 2.60. The lowest BCUT2D eigenvalue weighted by molar-refractivity contribution is -0.145. The summed E-state index contributed by atoms with van der Waals surface area (Å²) in [7, 11) is 0. The van der Waals surface area contributed by atoms with Gasteiger partial charge in [-0.05, 0) is 110 Å². The first kappa shape index (κ1) is 38.9. The molecule has 2 heterocycles. The summed E-state index contributed by atoms with van der Waals surface area (Å²) in [6.45, 7) is 7.95. The maximum Gasteiger partial charge on any atom is 0.272 e. The Kier molecular flexibility index (Phi) is 11.2. The van der Waals surface area contributed by atoms with Gasteiger partial charge in [-0.3, -0.25) is 19.2 Å². The first-order valence-corrected chi connectivity index (χ1v) is 21.1. The number of hydrogen-bond acceptors (Lipinski definition) is 7. The topological polar surface area (TPSA) is 122 Å². The maximum atomic E-state index is 15.0. The van der Waals surface area contributed by atoms with Gasteiger partial charge in [0.15, 0.2) is 0 Å². The number of halogens is 1. The highest BCUT2D eigenvalue weighted by atomic mass is 19.1. The summed E-state index contributed by atoms with van der Waals surface area (Å²) in [4.78, 5) is 54.2. The van der Waals surface area contributed by atoms with Gasteiger partial charge in [0.25, 0.3) is 11.5 Å². The van der Waals surface area contributed by atoms with E-state index >= 15 is 0 Å². The molecule has 0 spiro atoms. The van der Waals surface area contributed by atoms with Gasteiger partial charge in [-0.2, -0.15) is 5.10 Å². The second-order valence-electron chi connectivity index (χ2n) is 17.8. The van der Waals surface area contributed by atoms with Crippen LogP contribution < -0.4 is 5.56 Å². The minimum absolute atomic E-state index is 0.00889. The summed E-state index contributed by atoms with van der Waals surface area (Å²) in [5.41, 5.74) is 1.61. The van der Waals surface area contributed by atoms with Crippen molar-refractivity contribution in [2.75, 3.05) is 46.0 Å². The van der Waals surface area contributed by atoms with Crippen LogP contribution in [0.2, 0.25) is 0 Å². The molecule has 1 aromatic heterocycles. The summed E-state index contributed by atoms with van der Waals surface area (Å²) < 4.78 is 27.4. The lowest BCUT2D eigenvalue weighted by atomic mass is 9.45. The molecular weight excluding hydrogens is 712 g/mol. The van der Waals surface area contributed by atoms with Crippen molar-refractivity contribution in [2.45, 2.75) is 97.0 Å². The summed E-state index contributed by atoms with van der Waals surface area (Å²) in [6.07, 6.45) is 11.7. The summed E-state index contributed by atoms with van der Waals surface area (Å²) in [5.74, 6) is 2.29. The number of fused-ring (bicyclic) bond motifs is 6. The number of nitrogens with zero attached hydrogens (tertiary/aromatic N) is 3. The van der Waals surface area contributed by atoms with E-state index in [4.69, 9.17) is 9.47 Å². The predicted octanol–water partition coefficient (Wildman–Crippen LogP) is 6.73. The van der Waals surface area contributed by atoms with Crippen molar-refractivity contribution in [3.8, 4) is 0 Å². The van der Waals surface area contributed by atoms with Gasteiger partial charge in [0.05, 0.1) is 35.8 Å². The molecular formula is C45H57FN4O6. The number of aromatic amines is 1. The van der Waals surface area contributed by atoms with Crippen LogP contribution in [-0.4, -0.2) is 89.7 Å². The molecule has 3 aromatic rings. The van der Waals surface area contributed by atoms with Crippen molar-refractivity contribution in [3.63, 3.8) is 0 Å². The number of ether oxygens (including phenoxy) is 2. The Labute approximate surface area is 328 Å². The zero-order chi connectivity index (χ0) is 39.0. The monoisotopic (exact) mass is 768 g/mol. The number of benzene rings is 2. The fraction of sp³-hybridized carbons (Fsp3) is 0.622. The number of rotatable bonds is 11. The van der Waals surface area contributed by atoms with Gasteiger partial charge in [0.1, 0.15) is 11.6 Å². The molecule has 1 saturated heterocycles. The Morgan fingerprint density at radius 1 is 0.875 bits per heavy atom. The van der Waals surface area contributed by atoms with E-state index in [0.717, 1.165) is 49.9 Å². The first-order chi connectivity index (χ1) is 27.0. The Hall–Kier alpha value is -3.96. The van der Waals surface area contributed by atoms with Gasteiger partial charge in [-0.1, -0.05) is 38.1 Å². The van der Waals surface area contributed by atoms with E-state index in [-0.39, 0.29) is 28.9 Å². The quantitative estimate of drug-likeness (QED) is 0.215. The SMILES string of the molecule is C[C@]12CCC(=O)C[C@@H]1CC[C@@H]1[C@@H]2CC[C@]2(C)[C@@H](OCCCOCCC(=O)N3CCN(C(=O)c4cc(Cc5n[nH]c(=O)c6ccccc56)ccc4F)CC3)CC[C@@H]12. The largest absolute Gasteiger partial charge is 0.381 e. The highest BCUT2D eigenvalue weighted by molar-refractivity contribution is 5.95. The molecule has 5 fully saturated rings. The molecule has 4 saturated carbocycles. The molecule has 2 amide bonds. The number of amides is 2. The molecule has 0 bridgehead atoms. The van der Waals surface area contributed by atoms with Crippen LogP contribution in [0.5, 0.6) is 0 Å². The Morgan fingerprint density at radius 2 is 1.64 bits per heavy atom. The van der Waals surface area contributed by atoms with Crippen molar-refractivity contribution in [1.82, 2.24) is 20.0 Å². The predicted molar refractivity (Wildman–Crippen MR) is 211 cm³/mol. The highest BCUT2D eigenvalue weighted by Crippen LogP contribution is 2.66. The number of carbonyl (C=O) groups excluding carboxylic acids is 3. The maximum absolute atomic E-state index is 15.0. The second-order valence-corrected chi connectivity index (χ2v) is 17.8. The number of hydrogen-bond donors (Lipinski definition) is 1. The molecule has 1 aliphatic heterocycles. The molecule has 0 radical (unpaired) electrons. The van der Waals surface area contributed by atoms with Gasteiger partial charge in [-0.25, -0.2) is 9.49 Å². The summed E-state index contributed by atoms with van der Waals surface area (Å²) >= 11 is 0.